The van der Waals surface area contributed by atoms with Gasteiger partial charge in [-0.3, -0.25) is 0 Å². The van der Waals surface area contributed by atoms with Gasteiger partial charge in [0.15, 0.2) is 0 Å². The molecule has 0 aliphatic heterocycles. The summed E-state index contributed by atoms with van der Waals surface area (Å²) in [5.74, 6) is -1.25. The van der Waals surface area contributed by atoms with Crippen LogP contribution < -0.4 is 4.90 Å². The molecular weight excluding hydrogens is 418 g/mol. The summed E-state index contributed by atoms with van der Waals surface area (Å²) < 4.78 is 39.3. The molecule has 2 aliphatic carbocycles. The monoisotopic (exact) mass is 429 g/mol. The number of hydrogen-bond donors (Lipinski definition) is 0. The molecule has 0 saturated heterocycles. The van der Waals surface area contributed by atoms with Gasteiger partial charge >= 0.3 is 6.18 Å². The highest BCUT2D eigenvalue weighted by molar-refractivity contribution is 9.10. The van der Waals surface area contributed by atoms with E-state index in [-0.39, 0.29) is 16.9 Å². The van der Waals surface area contributed by atoms with E-state index in [4.69, 9.17) is 23.2 Å². The number of rotatable bonds is 4. The summed E-state index contributed by atoms with van der Waals surface area (Å²) in [7, 11) is 0. The predicted molar refractivity (Wildman–Crippen MR) is 86.9 cm³/mol. The Morgan fingerprint density at radius 1 is 1.39 bits per heavy atom. The molecule has 2 fully saturated rings. The van der Waals surface area contributed by atoms with Crippen LogP contribution in [-0.4, -0.2) is 28.2 Å². The summed E-state index contributed by atoms with van der Waals surface area (Å²) in [5, 5.41) is 0.0900. The van der Waals surface area contributed by atoms with Gasteiger partial charge in [0.05, 0.1) is 10.4 Å². The number of anilines is 1. The molecule has 3 rings (SSSR count). The van der Waals surface area contributed by atoms with Gasteiger partial charge in [-0.1, -0.05) is 23.8 Å². The molecule has 1 aromatic heterocycles. The largest absolute Gasteiger partial charge is 0.392 e. The van der Waals surface area contributed by atoms with Crippen LogP contribution in [0.25, 0.3) is 0 Å². The van der Waals surface area contributed by atoms with Gasteiger partial charge in [0.25, 0.3) is 0 Å². The second-order valence-electron chi connectivity index (χ2n) is 6.23. The van der Waals surface area contributed by atoms with Crippen LogP contribution >= 0.6 is 39.1 Å². The molecule has 23 heavy (non-hydrogen) atoms. The lowest BCUT2D eigenvalue weighted by atomic mass is 9.78. The van der Waals surface area contributed by atoms with Crippen LogP contribution in [0.2, 0.25) is 10.4 Å². The van der Waals surface area contributed by atoms with Crippen molar-refractivity contribution >= 4 is 44.9 Å². The Bertz CT molecular complexity index is 682. The van der Waals surface area contributed by atoms with Crippen LogP contribution in [0, 0.1) is 11.8 Å². The van der Waals surface area contributed by atoms with Crippen molar-refractivity contribution < 1.29 is 13.2 Å². The number of aromatic nitrogens is 2. The molecule has 0 spiro atoms. The molecule has 1 heterocycles. The minimum absolute atomic E-state index is 0.0415. The van der Waals surface area contributed by atoms with E-state index < -0.39 is 23.6 Å². The first-order valence-corrected chi connectivity index (χ1v) is 8.48. The van der Waals surface area contributed by atoms with Gasteiger partial charge in [0.1, 0.15) is 11.0 Å². The quantitative estimate of drug-likeness (QED) is 0.370. The van der Waals surface area contributed by atoms with E-state index >= 15 is 0 Å². The highest BCUT2D eigenvalue weighted by atomic mass is 79.9. The molecule has 2 aliphatic rings. The van der Waals surface area contributed by atoms with Crippen molar-refractivity contribution in [2.24, 2.45) is 11.8 Å². The Morgan fingerprint density at radius 2 is 2.04 bits per heavy atom. The van der Waals surface area contributed by atoms with E-state index in [2.05, 4.69) is 32.5 Å². The average molecular weight is 431 g/mol. The third-order valence-electron chi connectivity index (χ3n) is 4.57. The fraction of sp³-hybridized carbons (Fsp3) is 0.571. The van der Waals surface area contributed by atoms with Gasteiger partial charge < -0.3 is 4.90 Å². The Labute approximate surface area is 150 Å². The number of nitrogens with zero attached hydrogens (tertiary/aromatic N) is 3. The predicted octanol–water partition coefficient (Wildman–Crippen LogP) is 5.27. The second kappa shape index (κ2) is 5.49. The maximum absolute atomic E-state index is 13.0. The van der Waals surface area contributed by atoms with Crippen molar-refractivity contribution in [1.82, 2.24) is 9.97 Å². The maximum Gasteiger partial charge on any atom is 0.392 e. The van der Waals surface area contributed by atoms with Crippen molar-refractivity contribution in [3.63, 3.8) is 0 Å². The van der Waals surface area contributed by atoms with E-state index in [0.29, 0.717) is 23.3 Å². The summed E-state index contributed by atoms with van der Waals surface area (Å²) >= 11 is 15.2. The molecule has 1 aromatic rings. The summed E-state index contributed by atoms with van der Waals surface area (Å²) in [4.78, 5) is 9.85. The number of fused-ring (bicyclic) bond motifs is 1. The Kier molecular flexibility index (Phi) is 4.13. The normalized spacial score (nSPS) is 28.8. The number of halogens is 6. The third kappa shape index (κ3) is 2.85. The maximum atomic E-state index is 13.0. The molecule has 3 atom stereocenters. The summed E-state index contributed by atoms with van der Waals surface area (Å²) in [6.07, 6.45) is -3.62. The van der Waals surface area contributed by atoms with Gasteiger partial charge in [0, 0.05) is 12.1 Å². The van der Waals surface area contributed by atoms with Gasteiger partial charge in [0.2, 0.25) is 5.28 Å². The van der Waals surface area contributed by atoms with Crippen molar-refractivity contribution in [2.75, 3.05) is 11.4 Å². The summed E-state index contributed by atoms with van der Waals surface area (Å²) in [6.45, 7) is 6.08. The van der Waals surface area contributed by atoms with Crippen molar-refractivity contribution in [3.05, 3.63) is 27.1 Å². The molecule has 0 bridgehead atoms. The van der Waals surface area contributed by atoms with Crippen LogP contribution in [0.15, 0.2) is 16.6 Å². The van der Waals surface area contributed by atoms with E-state index in [1.54, 1.807) is 0 Å². The molecule has 3 nitrogen and oxygen atoms in total. The topological polar surface area (TPSA) is 29.0 Å². The average Bonchev–Trinajstić information content (AvgIpc) is 2.94. The van der Waals surface area contributed by atoms with E-state index in [9.17, 15) is 13.2 Å². The highest BCUT2D eigenvalue weighted by Crippen LogP contribution is 2.71. The number of alkyl halides is 3. The first-order chi connectivity index (χ1) is 10.6. The third-order valence-corrected chi connectivity index (χ3v) is 5.97. The fourth-order valence-electron chi connectivity index (χ4n) is 3.48. The molecule has 3 unspecified atom stereocenters. The van der Waals surface area contributed by atoms with Gasteiger partial charge in [-0.2, -0.15) is 18.2 Å². The number of hydrogen-bond acceptors (Lipinski definition) is 3. The molecule has 9 heteroatoms. The van der Waals surface area contributed by atoms with E-state index in [1.165, 1.54) is 0 Å². The Balaban J connectivity index is 1.95. The molecule has 0 amide bonds. The van der Waals surface area contributed by atoms with Gasteiger partial charge in [-0.25, -0.2) is 4.98 Å². The minimum Gasteiger partial charge on any atom is -0.346 e. The van der Waals surface area contributed by atoms with Crippen LogP contribution in [0.4, 0.5) is 19.0 Å². The smallest absolute Gasteiger partial charge is 0.346 e. The molecule has 2 saturated carbocycles. The van der Waals surface area contributed by atoms with E-state index in [0.717, 1.165) is 5.57 Å². The molecule has 0 aromatic carbocycles. The zero-order chi connectivity index (χ0) is 17.2. The minimum atomic E-state index is -4.16. The lowest BCUT2D eigenvalue weighted by Gasteiger charge is -2.44. The van der Waals surface area contributed by atoms with Crippen LogP contribution in [0.3, 0.4) is 0 Å². The summed E-state index contributed by atoms with van der Waals surface area (Å²) in [6, 6.07) is 0. The van der Waals surface area contributed by atoms with Crippen molar-refractivity contribution in [3.8, 4) is 0 Å². The van der Waals surface area contributed by atoms with Crippen LogP contribution in [0.5, 0.6) is 0 Å². The molecule has 126 valence electrons. The fourth-order valence-corrected chi connectivity index (χ4v) is 4.24. The van der Waals surface area contributed by atoms with Gasteiger partial charge in [-0.05, 0) is 53.2 Å². The van der Waals surface area contributed by atoms with Crippen molar-refractivity contribution in [2.45, 2.75) is 31.5 Å². The Hall–Kier alpha value is -0.530. The van der Waals surface area contributed by atoms with Crippen LogP contribution in [-0.2, 0) is 0 Å². The SMILES string of the molecule is C=C(C)CN(c1nc(Cl)nc(Cl)c1Br)C12CC(C(F)(F)F)C1C2. The molecule has 0 radical (unpaired) electrons. The van der Waals surface area contributed by atoms with Gasteiger partial charge in [-0.15, -0.1) is 0 Å². The summed E-state index contributed by atoms with van der Waals surface area (Å²) in [5.41, 5.74) is 0.279. The second-order valence-corrected chi connectivity index (χ2v) is 7.72. The standard InChI is InChI=1S/C14H13BrCl2F3N3/c1-6(2)5-23(11-9(15)10(16)21-12(17)22-11)13-3-7(13)8(4-13)14(18,19)20/h7-8H,1,3-5H2,2H3. The van der Waals surface area contributed by atoms with Crippen LogP contribution in [0.1, 0.15) is 19.8 Å². The molecule has 0 N–H and O–H groups in total. The Morgan fingerprint density at radius 3 is 2.57 bits per heavy atom. The lowest BCUT2D eigenvalue weighted by Crippen LogP contribution is -2.52. The molecular formula is C14H13BrCl2F3N3. The first-order valence-electron chi connectivity index (χ1n) is 6.93. The lowest BCUT2D eigenvalue weighted by molar-refractivity contribution is -0.200. The first kappa shape index (κ1) is 17.3. The zero-order valence-corrected chi connectivity index (χ0v) is 15.2. The van der Waals surface area contributed by atoms with Crippen molar-refractivity contribution in [1.29, 1.82) is 0 Å². The highest BCUT2D eigenvalue weighted by Gasteiger charge is 2.76. The zero-order valence-electron chi connectivity index (χ0n) is 12.1. The van der Waals surface area contributed by atoms with E-state index in [1.807, 2.05) is 11.8 Å².